The van der Waals surface area contributed by atoms with Crippen LogP contribution in [0.3, 0.4) is 0 Å². The summed E-state index contributed by atoms with van der Waals surface area (Å²) in [5.41, 5.74) is 0.419. The summed E-state index contributed by atoms with van der Waals surface area (Å²) >= 11 is 11.9. The van der Waals surface area contributed by atoms with Crippen molar-refractivity contribution in [2.75, 3.05) is 39.4 Å². The van der Waals surface area contributed by atoms with E-state index in [0.29, 0.717) is 28.1 Å². The zero-order valence-electron chi connectivity index (χ0n) is 12.1. The highest BCUT2D eigenvalue weighted by atomic mass is 35.5. The first kappa shape index (κ1) is 16.6. The van der Waals surface area contributed by atoms with Gasteiger partial charge in [-0.25, -0.2) is 0 Å². The fourth-order valence-electron chi connectivity index (χ4n) is 2.32. The van der Waals surface area contributed by atoms with Gasteiger partial charge in [-0.2, -0.15) is 0 Å². The fourth-order valence-corrected chi connectivity index (χ4v) is 2.70. The van der Waals surface area contributed by atoms with E-state index in [-0.39, 0.29) is 5.91 Å². The minimum Gasteiger partial charge on any atom is -0.379 e. The maximum atomic E-state index is 12.1. The number of rotatable bonds is 5. The smallest absolute Gasteiger partial charge is 0.252 e. The van der Waals surface area contributed by atoms with Crippen LogP contribution in [-0.2, 0) is 4.74 Å². The van der Waals surface area contributed by atoms with E-state index in [1.54, 1.807) is 18.2 Å². The number of benzene rings is 1. The Kier molecular flexibility index (Phi) is 6.30. The van der Waals surface area contributed by atoms with Gasteiger partial charge >= 0.3 is 0 Å². The van der Waals surface area contributed by atoms with Gasteiger partial charge in [0.15, 0.2) is 0 Å². The molecule has 1 atom stereocenters. The number of ether oxygens (including phenoxy) is 1. The third-order valence-corrected chi connectivity index (χ3v) is 4.02. The number of nitrogens with one attached hydrogen (secondary N) is 1. The molecule has 1 aliphatic heterocycles. The molecule has 0 aliphatic carbocycles. The maximum absolute atomic E-state index is 12.1. The average Bonchev–Trinajstić information content (AvgIpc) is 2.48. The summed E-state index contributed by atoms with van der Waals surface area (Å²) in [7, 11) is 0. The van der Waals surface area contributed by atoms with Crippen molar-refractivity contribution in [1.29, 1.82) is 0 Å². The van der Waals surface area contributed by atoms with E-state index in [4.69, 9.17) is 27.9 Å². The standard InChI is InChI=1S/C15H20Cl2N2O2/c1-11(10-19-4-6-21-7-5-19)9-18-15(20)13-8-12(16)2-3-14(13)17/h2-3,8,11H,4-7,9-10H2,1H3,(H,18,20). The van der Waals surface area contributed by atoms with Crippen LogP contribution in [0.1, 0.15) is 17.3 Å². The second-order valence-corrected chi connectivity index (χ2v) is 6.20. The van der Waals surface area contributed by atoms with Crippen LogP contribution < -0.4 is 5.32 Å². The van der Waals surface area contributed by atoms with Crippen LogP contribution in [0.5, 0.6) is 0 Å². The van der Waals surface area contributed by atoms with Crippen molar-refractivity contribution in [2.45, 2.75) is 6.92 Å². The van der Waals surface area contributed by atoms with E-state index in [9.17, 15) is 4.79 Å². The molecule has 1 heterocycles. The SMILES string of the molecule is CC(CNC(=O)c1cc(Cl)ccc1Cl)CN1CCOCC1. The van der Waals surface area contributed by atoms with Gasteiger partial charge in [-0.05, 0) is 24.1 Å². The Morgan fingerprint density at radius 2 is 2.10 bits per heavy atom. The van der Waals surface area contributed by atoms with Crippen molar-refractivity contribution in [3.63, 3.8) is 0 Å². The first-order valence-corrected chi connectivity index (χ1v) is 7.85. The average molecular weight is 331 g/mol. The zero-order valence-corrected chi connectivity index (χ0v) is 13.6. The number of hydrogen-bond donors (Lipinski definition) is 1. The molecule has 1 saturated heterocycles. The quantitative estimate of drug-likeness (QED) is 0.902. The van der Waals surface area contributed by atoms with Crippen LogP contribution in [0.4, 0.5) is 0 Å². The zero-order chi connectivity index (χ0) is 15.2. The Balaban J connectivity index is 1.81. The Morgan fingerprint density at radius 3 is 2.81 bits per heavy atom. The first-order chi connectivity index (χ1) is 10.1. The molecule has 1 amide bonds. The van der Waals surface area contributed by atoms with Gasteiger partial charge in [0.05, 0.1) is 23.8 Å². The van der Waals surface area contributed by atoms with E-state index < -0.39 is 0 Å². The third-order valence-electron chi connectivity index (χ3n) is 3.46. The van der Waals surface area contributed by atoms with Gasteiger partial charge in [-0.1, -0.05) is 30.1 Å². The molecule has 1 unspecified atom stereocenters. The summed E-state index contributed by atoms with van der Waals surface area (Å²) < 4.78 is 5.32. The molecule has 1 N–H and O–H groups in total. The van der Waals surface area contributed by atoms with Crippen LogP contribution in [-0.4, -0.2) is 50.2 Å². The molecule has 1 aliphatic rings. The number of halogens is 2. The highest BCUT2D eigenvalue weighted by molar-refractivity contribution is 6.35. The summed E-state index contributed by atoms with van der Waals surface area (Å²) in [6.45, 7) is 7.17. The van der Waals surface area contributed by atoms with Crippen LogP contribution >= 0.6 is 23.2 Å². The van der Waals surface area contributed by atoms with E-state index >= 15 is 0 Å². The van der Waals surface area contributed by atoms with E-state index in [2.05, 4.69) is 17.1 Å². The van der Waals surface area contributed by atoms with Crippen LogP contribution in [0.25, 0.3) is 0 Å². The predicted octanol–water partition coefficient (Wildman–Crippen LogP) is 2.69. The second kappa shape index (κ2) is 7.99. The number of morpholine rings is 1. The molecule has 4 nitrogen and oxygen atoms in total. The minimum absolute atomic E-state index is 0.184. The molecule has 21 heavy (non-hydrogen) atoms. The van der Waals surface area contributed by atoms with Crippen molar-refractivity contribution in [1.82, 2.24) is 10.2 Å². The number of carbonyl (C=O) groups is 1. The lowest BCUT2D eigenvalue weighted by Crippen LogP contribution is -2.41. The van der Waals surface area contributed by atoms with Gasteiger partial charge in [0.25, 0.3) is 5.91 Å². The largest absolute Gasteiger partial charge is 0.379 e. The van der Waals surface area contributed by atoms with E-state index in [0.717, 1.165) is 32.8 Å². The topological polar surface area (TPSA) is 41.6 Å². The molecular weight excluding hydrogens is 311 g/mol. The van der Waals surface area contributed by atoms with Crippen LogP contribution in [0, 0.1) is 5.92 Å². The summed E-state index contributed by atoms with van der Waals surface area (Å²) in [6.07, 6.45) is 0. The molecular formula is C15H20Cl2N2O2. The molecule has 6 heteroatoms. The van der Waals surface area contributed by atoms with Gasteiger partial charge in [0.1, 0.15) is 0 Å². The van der Waals surface area contributed by atoms with Crippen molar-refractivity contribution in [2.24, 2.45) is 5.92 Å². The van der Waals surface area contributed by atoms with E-state index in [1.807, 2.05) is 0 Å². The molecule has 1 aromatic carbocycles. The molecule has 0 saturated carbocycles. The molecule has 0 bridgehead atoms. The lowest BCUT2D eigenvalue weighted by atomic mass is 10.1. The summed E-state index contributed by atoms with van der Waals surface area (Å²) in [5.74, 6) is 0.182. The number of nitrogens with zero attached hydrogens (tertiary/aromatic N) is 1. The van der Waals surface area contributed by atoms with Gasteiger partial charge in [0.2, 0.25) is 0 Å². The molecule has 0 aromatic heterocycles. The Labute approximate surface area is 135 Å². The van der Waals surface area contributed by atoms with Crippen LogP contribution in [0.15, 0.2) is 18.2 Å². The van der Waals surface area contributed by atoms with Crippen molar-refractivity contribution in [3.8, 4) is 0 Å². The van der Waals surface area contributed by atoms with E-state index in [1.165, 1.54) is 0 Å². The maximum Gasteiger partial charge on any atom is 0.252 e. The molecule has 116 valence electrons. The summed E-state index contributed by atoms with van der Waals surface area (Å²) in [5, 5.41) is 3.84. The van der Waals surface area contributed by atoms with Crippen LogP contribution in [0.2, 0.25) is 10.0 Å². The Hall–Kier alpha value is -0.810. The summed E-state index contributed by atoms with van der Waals surface area (Å²) in [6, 6.07) is 4.89. The first-order valence-electron chi connectivity index (χ1n) is 7.09. The highest BCUT2D eigenvalue weighted by Gasteiger charge is 2.16. The van der Waals surface area contributed by atoms with Crippen molar-refractivity contribution < 1.29 is 9.53 Å². The predicted molar refractivity (Wildman–Crippen MR) is 85.2 cm³/mol. The monoisotopic (exact) mass is 330 g/mol. The molecule has 0 spiro atoms. The Bertz CT molecular complexity index is 491. The highest BCUT2D eigenvalue weighted by Crippen LogP contribution is 2.20. The van der Waals surface area contributed by atoms with Crippen molar-refractivity contribution in [3.05, 3.63) is 33.8 Å². The normalized spacial score (nSPS) is 17.5. The molecule has 1 fully saturated rings. The molecule has 1 aromatic rings. The minimum atomic E-state index is -0.184. The van der Waals surface area contributed by atoms with Gasteiger partial charge in [0, 0.05) is 31.2 Å². The van der Waals surface area contributed by atoms with Gasteiger partial charge < -0.3 is 10.1 Å². The number of carbonyl (C=O) groups excluding carboxylic acids is 1. The second-order valence-electron chi connectivity index (χ2n) is 5.35. The fraction of sp³-hybridized carbons (Fsp3) is 0.533. The Morgan fingerprint density at radius 1 is 1.38 bits per heavy atom. The number of amides is 1. The van der Waals surface area contributed by atoms with Gasteiger partial charge in [-0.3, -0.25) is 9.69 Å². The van der Waals surface area contributed by atoms with Gasteiger partial charge in [-0.15, -0.1) is 0 Å². The van der Waals surface area contributed by atoms with Crippen molar-refractivity contribution >= 4 is 29.1 Å². The molecule has 2 rings (SSSR count). The third kappa shape index (κ3) is 5.15. The lowest BCUT2D eigenvalue weighted by Gasteiger charge is -2.29. The summed E-state index contributed by atoms with van der Waals surface area (Å²) in [4.78, 5) is 14.5. The number of hydrogen-bond acceptors (Lipinski definition) is 3. The lowest BCUT2D eigenvalue weighted by molar-refractivity contribution is 0.0317. The molecule has 0 radical (unpaired) electrons.